The van der Waals surface area contributed by atoms with Crippen LogP contribution in [0.5, 0.6) is 5.75 Å². The Bertz CT molecular complexity index is 1000. The number of halogens is 3. The predicted octanol–water partition coefficient (Wildman–Crippen LogP) is 5.07. The van der Waals surface area contributed by atoms with Gasteiger partial charge in [-0.25, -0.2) is 8.78 Å². The Morgan fingerprint density at radius 1 is 1.00 bits per heavy atom. The average molecular weight is 388 g/mol. The number of carbonyl (C=O) groups excluding carboxylic acids is 2. The van der Waals surface area contributed by atoms with Gasteiger partial charge in [0.05, 0.1) is 16.3 Å². The summed E-state index contributed by atoms with van der Waals surface area (Å²) in [4.78, 5) is 23.0. The second-order valence-corrected chi connectivity index (χ2v) is 5.87. The molecule has 27 heavy (non-hydrogen) atoms. The third-order valence-electron chi connectivity index (χ3n) is 3.77. The van der Waals surface area contributed by atoms with Crippen LogP contribution in [0.3, 0.4) is 0 Å². The van der Waals surface area contributed by atoms with Crippen LogP contribution in [-0.4, -0.2) is 12.4 Å². The minimum Gasteiger partial charge on any atom is -0.428 e. The number of nitrogens with one attached hydrogen (secondary N) is 1. The molecule has 3 aromatic carbocycles. The van der Waals surface area contributed by atoms with Crippen LogP contribution in [-0.2, 0) is 4.79 Å². The first-order chi connectivity index (χ1) is 13.0. The van der Waals surface area contributed by atoms with Crippen LogP contribution >= 0.6 is 11.6 Å². The van der Waals surface area contributed by atoms with Gasteiger partial charge in [-0.2, -0.15) is 0 Å². The first-order valence-electron chi connectivity index (χ1n) is 7.76. The number of amides is 1. The van der Waals surface area contributed by atoms with Crippen molar-refractivity contribution >= 4 is 29.7 Å². The highest BCUT2D eigenvalue weighted by atomic mass is 35.5. The lowest BCUT2D eigenvalue weighted by Crippen LogP contribution is -2.15. The van der Waals surface area contributed by atoms with Gasteiger partial charge in [-0.05, 0) is 35.9 Å². The van der Waals surface area contributed by atoms with Crippen molar-refractivity contribution in [3.05, 3.63) is 82.9 Å². The lowest BCUT2D eigenvalue weighted by Gasteiger charge is -2.12. The first-order valence-corrected chi connectivity index (χ1v) is 8.13. The Balaban J connectivity index is 1.94. The van der Waals surface area contributed by atoms with Crippen LogP contribution in [0.4, 0.5) is 14.5 Å². The number of para-hydroxylation sites is 1. The van der Waals surface area contributed by atoms with Crippen molar-refractivity contribution in [2.24, 2.45) is 0 Å². The van der Waals surface area contributed by atoms with Gasteiger partial charge in [0, 0.05) is 5.56 Å². The number of carbonyl (C=O) groups is 2. The molecule has 0 saturated carbocycles. The number of rotatable bonds is 5. The standard InChI is InChI=1S/C20H12ClF2NO3/c21-15-9-12(13-5-1-3-7-16(13)22)10-17(23)19(15)24-20(26)14-6-2-4-8-18(14)27-11-25/h1-11H,(H,24,26). The Morgan fingerprint density at radius 3 is 2.41 bits per heavy atom. The van der Waals surface area contributed by atoms with Crippen molar-refractivity contribution in [3.63, 3.8) is 0 Å². The van der Waals surface area contributed by atoms with Crippen LogP contribution in [0.1, 0.15) is 10.4 Å². The van der Waals surface area contributed by atoms with Gasteiger partial charge in [0.15, 0.2) is 0 Å². The molecule has 3 aromatic rings. The zero-order valence-corrected chi connectivity index (χ0v) is 14.5. The van der Waals surface area contributed by atoms with E-state index in [4.69, 9.17) is 16.3 Å². The van der Waals surface area contributed by atoms with Crippen molar-refractivity contribution in [2.45, 2.75) is 0 Å². The van der Waals surface area contributed by atoms with E-state index in [0.29, 0.717) is 0 Å². The number of hydrogen-bond donors (Lipinski definition) is 1. The zero-order valence-electron chi connectivity index (χ0n) is 13.7. The molecule has 136 valence electrons. The molecule has 3 rings (SSSR count). The minimum atomic E-state index is -0.831. The van der Waals surface area contributed by atoms with Crippen LogP contribution in [0.2, 0.25) is 5.02 Å². The number of hydrogen-bond acceptors (Lipinski definition) is 3. The normalized spacial score (nSPS) is 10.3. The molecule has 0 radical (unpaired) electrons. The Labute approximate surface area is 158 Å². The van der Waals surface area contributed by atoms with Gasteiger partial charge in [0.1, 0.15) is 17.4 Å². The SMILES string of the molecule is O=COc1ccccc1C(=O)Nc1c(F)cc(-c2ccccc2F)cc1Cl. The third-order valence-corrected chi connectivity index (χ3v) is 4.07. The lowest BCUT2D eigenvalue weighted by molar-refractivity contribution is -0.120. The predicted molar refractivity (Wildman–Crippen MR) is 97.9 cm³/mol. The molecular weight excluding hydrogens is 376 g/mol. The Kier molecular flexibility index (Phi) is 5.47. The van der Waals surface area contributed by atoms with Crippen LogP contribution in [0.15, 0.2) is 60.7 Å². The minimum absolute atomic E-state index is 0.0181. The van der Waals surface area contributed by atoms with Gasteiger partial charge in [0.25, 0.3) is 12.4 Å². The molecule has 0 fully saturated rings. The van der Waals surface area contributed by atoms with Gasteiger partial charge in [-0.15, -0.1) is 0 Å². The van der Waals surface area contributed by atoms with Crippen LogP contribution in [0.25, 0.3) is 11.1 Å². The van der Waals surface area contributed by atoms with Gasteiger partial charge >= 0.3 is 0 Å². The summed E-state index contributed by atoms with van der Waals surface area (Å²) >= 11 is 6.10. The monoisotopic (exact) mass is 387 g/mol. The van der Waals surface area contributed by atoms with E-state index in [1.165, 1.54) is 36.4 Å². The highest BCUT2D eigenvalue weighted by Gasteiger charge is 2.18. The summed E-state index contributed by atoms with van der Waals surface area (Å²) in [6.45, 7) is 0.183. The molecule has 1 N–H and O–H groups in total. The Morgan fingerprint density at radius 2 is 1.70 bits per heavy atom. The van der Waals surface area contributed by atoms with E-state index in [0.717, 1.165) is 6.07 Å². The highest BCUT2D eigenvalue weighted by Crippen LogP contribution is 2.33. The molecule has 0 aromatic heterocycles. The fourth-order valence-corrected chi connectivity index (χ4v) is 2.79. The second kappa shape index (κ2) is 7.97. The van der Waals surface area contributed by atoms with E-state index in [1.54, 1.807) is 18.2 Å². The summed E-state index contributed by atoms with van der Waals surface area (Å²) in [5.74, 6) is -2.05. The fraction of sp³-hybridized carbons (Fsp3) is 0. The smallest absolute Gasteiger partial charge is 0.298 e. The van der Waals surface area contributed by atoms with E-state index in [2.05, 4.69) is 5.32 Å². The van der Waals surface area contributed by atoms with Crippen molar-refractivity contribution in [1.29, 1.82) is 0 Å². The van der Waals surface area contributed by atoms with Gasteiger partial charge in [-0.1, -0.05) is 41.9 Å². The van der Waals surface area contributed by atoms with E-state index < -0.39 is 17.5 Å². The van der Waals surface area contributed by atoms with Crippen LogP contribution in [0, 0.1) is 11.6 Å². The van der Waals surface area contributed by atoms with Crippen LogP contribution < -0.4 is 10.1 Å². The maximum Gasteiger partial charge on any atom is 0.298 e. The maximum absolute atomic E-state index is 14.5. The average Bonchev–Trinajstić information content (AvgIpc) is 2.65. The quantitative estimate of drug-likeness (QED) is 0.622. The molecule has 0 aliphatic rings. The van der Waals surface area contributed by atoms with E-state index in [1.807, 2.05) is 0 Å². The van der Waals surface area contributed by atoms with E-state index in [-0.39, 0.29) is 39.6 Å². The molecule has 0 aliphatic heterocycles. The number of ether oxygens (including phenoxy) is 1. The summed E-state index contributed by atoms with van der Waals surface area (Å²) in [6, 6.07) is 14.3. The van der Waals surface area contributed by atoms with Gasteiger partial charge in [-0.3, -0.25) is 9.59 Å². The maximum atomic E-state index is 14.5. The van der Waals surface area contributed by atoms with Crippen molar-refractivity contribution in [3.8, 4) is 16.9 Å². The first kappa shape index (κ1) is 18.5. The molecule has 1 amide bonds. The summed E-state index contributed by atoms with van der Waals surface area (Å²) < 4.78 is 33.2. The number of benzene rings is 3. The molecule has 0 bridgehead atoms. The molecule has 7 heteroatoms. The largest absolute Gasteiger partial charge is 0.428 e. The molecule has 4 nitrogen and oxygen atoms in total. The molecule has 0 atom stereocenters. The Hall–Kier alpha value is -3.25. The topological polar surface area (TPSA) is 55.4 Å². The molecule has 0 heterocycles. The highest BCUT2D eigenvalue weighted by molar-refractivity contribution is 6.34. The van der Waals surface area contributed by atoms with Gasteiger partial charge < -0.3 is 10.1 Å². The molecule has 0 aliphatic carbocycles. The van der Waals surface area contributed by atoms with E-state index >= 15 is 0 Å². The van der Waals surface area contributed by atoms with Crippen molar-refractivity contribution in [1.82, 2.24) is 0 Å². The molecular formula is C20H12ClF2NO3. The third kappa shape index (κ3) is 3.96. The summed E-state index contributed by atoms with van der Waals surface area (Å²) in [5.41, 5.74) is 0.181. The lowest BCUT2D eigenvalue weighted by atomic mass is 10.0. The van der Waals surface area contributed by atoms with E-state index in [9.17, 15) is 18.4 Å². The van der Waals surface area contributed by atoms with Gasteiger partial charge in [0.2, 0.25) is 0 Å². The molecule has 0 unspecified atom stereocenters. The van der Waals surface area contributed by atoms with Crippen molar-refractivity contribution in [2.75, 3.05) is 5.32 Å². The summed E-state index contributed by atoms with van der Waals surface area (Å²) in [6.07, 6.45) is 0. The van der Waals surface area contributed by atoms with Crippen molar-refractivity contribution < 1.29 is 23.1 Å². The second-order valence-electron chi connectivity index (χ2n) is 5.46. The number of anilines is 1. The molecule has 0 saturated heterocycles. The summed E-state index contributed by atoms with van der Waals surface area (Å²) in [7, 11) is 0. The zero-order chi connectivity index (χ0) is 19.4. The summed E-state index contributed by atoms with van der Waals surface area (Å²) in [5, 5.41) is 2.25. The molecule has 0 spiro atoms. The fourth-order valence-electron chi connectivity index (χ4n) is 2.53.